The third-order valence-electron chi connectivity index (χ3n) is 8.56. The Bertz CT molecular complexity index is 1900. The number of hydrogen-bond acceptors (Lipinski definition) is 9. The van der Waals surface area contributed by atoms with Crippen LogP contribution in [0.4, 0.5) is 17.6 Å². The maximum atomic E-state index is 4.95. The van der Waals surface area contributed by atoms with E-state index in [0.717, 1.165) is 69.0 Å². The van der Waals surface area contributed by atoms with Gasteiger partial charge >= 0.3 is 0 Å². The second kappa shape index (κ2) is 12.1. The number of fused-ring (bicyclic) bond motifs is 3. The molecule has 0 saturated carbocycles. The minimum Gasteiger partial charge on any atom is -0.341 e. The van der Waals surface area contributed by atoms with E-state index >= 15 is 0 Å². The molecule has 0 amide bonds. The lowest BCUT2D eigenvalue weighted by Crippen LogP contribution is -2.34. The van der Waals surface area contributed by atoms with Crippen molar-refractivity contribution in [2.24, 2.45) is 4.99 Å². The van der Waals surface area contributed by atoms with Crippen molar-refractivity contribution in [3.8, 4) is 0 Å². The largest absolute Gasteiger partial charge is 0.341 e. The Morgan fingerprint density at radius 1 is 0.659 bits per heavy atom. The van der Waals surface area contributed by atoms with Crippen molar-refractivity contribution >= 4 is 78.7 Å². The molecule has 0 bridgehead atoms. The quantitative estimate of drug-likeness (QED) is 0.137. The summed E-state index contributed by atoms with van der Waals surface area (Å²) in [6, 6.07) is 25.5. The minimum absolute atomic E-state index is 0.723. The standard InChI is InChI=1S/C35H33N7S2/c1-7-17-41(18-8-1)32-38-33(42-19-9-2-10-20-42)40-34(39-32)44-35-37-30-16-15-26(22-31(30)43-35)36-23-29-27-13-5-3-11-24(27)21-25-12-4-6-14-28(25)29/h3-6,11-16,21-23H,1-2,7-10,17-20H2. The highest BCUT2D eigenvalue weighted by Gasteiger charge is 2.21. The second-order valence-corrected chi connectivity index (χ2v) is 13.8. The van der Waals surface area contributed by atoms with Crippen molar-refractivity contribution in [2.45, 2.75) is 48.0 Å². The molecule has 2 saturated heterocycles. The maximum absolute atomic E-state index is 4.95. The molecular formula is C35H33N7S2. The first-order valence-electron chi connectivity index (χ1n) is 15.6. The number of anilines is 2. The summed E-state index contributed by atoms with van der Waals surface area (Å²) >= 11 is 3.21. The fraction of sp³-hybridized carbons (Fsp3) is 0.286. The zero-order valence-electron chi connectivity index (χ0n) is 24.5. The molecule has 0 radical (unpaired) electrons. The van der Waals surface area contributed by atoms with Crippen LogP contribution in [-0.4, -0.2) is 52.3 Å². The van der Waals surface area contributed by atoms with Gasteiger partial charge in [-0.3, -0.25) is 4.99 Å². The van der Waals surface area contributed by atoms with Gasteiger partial charge in [0.15, 0.2) is 4.34 Å². The molecule has 4 heterocycles. The summed E-state index contributed by atoms with van der Waals surface area (Å²) in [5.41, 5.74) is 3.02. The van der Waals surface area contributed by atoms with Gasteiger partial charge in [0.1, 0.15) is 0 Å². The molecule has 2 fully saturated rings. The van der Waals surface area contributed by atoms with Crippen LogP contribution in [-0.2, 0) is 0 Å². The van der Waals surface area contributed by atoms with Gasteiger partial charge in [-0.15, -0.1) is 11.3 Å². The fourth-order valence-electron chi connectivity index (χ4n) is 6.27. The predicted molar refractivity (Wildman–Crippen MR) is 184 cm³/mol. The molecule has 44 heavy (non-hydrogen) atoms. The van der Waals surface area contributed by atoms with Gasteiger partial charge in [-0.25, -0.2) is 4.98 Å². The molecule has 4 aromatic carbocycles. The number of aliphatic imine (C=N–C) groups is 1. The number of hydrogen-bond donors (Lipinski definition) is 0. The fourth-order valence-corrected chi connectivity index (χ4v) is 8.22. The van der Waals surface area contributed by atoms with Crippen molar-refractivity contribution in [2.75, 3.05) is 36.0 Å². The van der Waals surface area contributed by atoms with Gasteiger partial charge in [0.2, 0.25) is 17.1 Å². The van der Waals surface area contributed by atoms with Crippen molar-refractivity contribution in [3.63, 3.8) is 0 Å². The van der Waals surface area contributed by atoms with Crippen molar-refractivity contribution < 1.29 is 0 Å². The molecule has 8 rings (SSSR count). The zero-order chi connectivity index (χ0) is 29.3. The van der Waals surface area contributed by atoms with Gasteiger partial charge in [-0.1, -0.05) is 48.5 Å². The zero-order valence-corrected chi connectivity index (χ0v) is 26.2. The monoisotopic (exact) mass is 615 g/mol. The first-order chi connectivity index (χ1) is 21.8. The van der Waals surface area contributed by atoms with E-state index in [2.05, 4.69) is 76.5 Å². The van der Waals surface area contributed by atoms with Gasteiger partial charge in [-0.2, -0.15) is 15.0 Å². The van der Waals surface area contributed by atoms with Crippen LogP contribution < -0.4 is 9.80 Å². The summed E-state index contributed by atoms with van der Waals surface area (Å²) in [5, 5.41) is 5.58. The topological polar surface area (TPSA) is 70.4 Å². The summed E-state index contributed by atoms with van der Waals surface area (Å²) in [7, 11) is 0. The van der Waals surface area contributed by atoms with Crippen molar-refractivity contribution in [1.29, 1.82) is 0 Å². The van der Waals surface area contributed by atoms with E-state index in [9.17, 15) is 0 Å². The van der Waals surface area contributed by atoms with Gasteiger partial charge in [-0.05, 0) is 96.1 Å². The summed E-state index contributed by atoms with van der Waals surface area (Å²) in [4.78, 5) is 29.3. The van der Waals surface area contributed by atoms with Crippen molar-refractivity contribution in [1.82, 2.24) is 19.9 Å². The lowest BCUT2D eigenvalue weighted by molar-refractivity contribution is 0.551. The summed E-state index contributed by atoms with van der Waals surface area (Å²) < 4.78 is 2.04. The number of aromatic nitrogens is 4. The van der Waals surface area contributed by atoms with Crippen LogP contribution in [0.1, 0.15) is 44.1 Å². The van der Waals surface area contributed by atoms with Gasteiger partial charge in [0, 0.05) is 38.0 Å². The third kappa shape index (κ3) is 5.62. The average molecular weight is 616 g/mol. The Balaban J connectivity index is 1.09. The van der Waals surface area contributed by atoms with Crippen LogP contribution >= 0.6 is 23.1 Å². The molecule has 7 nitrogen and oxygen atoms in total. The maximum Gasteiger partial charge on any atom is 0.231 e. The SMILES string of the molecule is C(=Nc1ccc2nc(Sc3nc(N4CCCCC4)nc(N4CCCCC4)n3)sc2c1)c1c2ccccc2cc2ccccc12. The van der Waals surface area contributed by atoms with Crippen LogP contribution in [0.25, 0.3) is 31.8 Å². The number of piperidine rings is 2. The highest BCUT2D eigenvalue weighted by molar-refractivity contribution is 8.01. The number of rotatable bonds is 6. The number of thiazole rings is 1. The van der Waals surface area contributed by atoms with E-state index in [4.69, 9.17) is 24.9 Å². The van der Waals surface area contributed by atoms with Crippen LogP contribution in [0, 0.1) is 0 Å². The number of nitrogens with zero attached hydrogens (tertiary/aromatic N) is 7. The summed E-state index contributed by atoms with van der Waals surface area (Å²) in [6.45, 7) is 4.03. The molecule has 0 unspecified atom stereocenters. The predicted octanol–water partition coefficient (Wildman–Crippen LogP) is 8.67. The van der Waals surface area contributed by atoms with E-state index < -0.39 is 0 Å². The van der Waals surface area contributed by atoms with Gasteiger partial charge in [0.05, 0.1) is 15.9 Å². The lowest BCUT2D eigenvalue weighted by atomic mass is 9.97. The van der Waals surface area contributed by atoms with Crippen LogP contribution in [0.5, 0.6) is 0 Å². The molecule has 0 N–H and O–H groups in total. The second-order valence-electron chi connectivity index (χ2n) is 11.5. The number of benzene rings is 4. The van der Waals surface area contributed by atoms with Crippen LogP contribution in [0.15, 0.2) is 87.3 Å². The molecule has 0 spiro atoms. The Labute approximate surface area is 265 Å². The molecule has 220 valence electrons. The van der Waals surface area contributed by atoms with E-state index in [1.807, 2.05) is 12.3 Å². The van der Waals surface area contributed by atoms with Crippen molar-refractivity contribution in [3.05, 3.63) is 78.4 Å². The molecule has 0 atom stereocenters. The molecule has 9 heteroatoms. The van der Waals surface area contributed by atoms with E-state index in [1.54, 1.807) is 23.1 Å². The van der Waals surface area contributed by atoms with Crippen LogP contribution in [0.2, 0.25) is 0 Å². The highest BCUT2D eigenvalue weighted by Crippen LogP contribution is 2.36. The Morgan fingerprint density at radius 2 is 1.27 bits per heavy atom. The molecule has 0 aliphatic carbocycles. The van der Waals surface area contributed by atoms with Crippen LogP contribution in [0.3, 0.4) is 0 Å². The molecule has 2 aliphatic rings. The molecule has 2 aromatic heterocycles. The summed E-state index contributed by atoms with van der Waals surface area (Å²) in [5.74, 6) is 1.61. The van der Waals surface area contributed by atoms with Gasteiger partial charge in [0.25, 0.3) is 0 Å². The van der Waals surface area contributed by atoms with E-state index in [-0.39, 0.29) is 0 Å². The average Bonchev–Trinajstić information content (AvgIpc) is 3.48. The Hall–Kier alpha value is -4.08. The van der Waals surface area contributed by atoms with Gasteiger partial charge < -0.3 is 9.80 Å². The highest BCUT2D eigenvalue weighted by atomic mass is 32.2. The third-order valence-corrected chi connectivity index (χ3v) is 10.5. The Morgan fingerprint density at radius 3 is 1.91 bits per heavy atom. The Kier molecular flexibility index (Phi) is 7.57. The summed E-state index contributed by atoms with van der Waals surface area (Å²) in [6.07, 6.45) is 9.31. The molecule has 6 aromatic rings. The molecule has 2 aliphatic heterocycles. The first kappa shape index (κ1) is 27.5. The first-order valence-corrected chi connectivity index (χ1v) is 17.2. The minimum atomic E-state index is 0.723. The van der Waals surface area contributed by atoms with E-state index in [1.165, 1.54) is 60.1 Å². The smallest absolute Gasteiger partial charge is 0.231 e. The normalized spacial score (nSPS) is 16.1. The lowest BCUT2D eigenvalue weighted by Gasteiger charge is -2.30. The van der Waals surface area contributed by atoms with E-state index in [0.29, 0.717) is 0 Å². The molecular weight excluding hydrogens is 583 g/mol.